The van der Waals surface area contributed by atoms with Crippen molar-refractivity contribution < 1.29 is 14.7 Å². The van der Waals surface area contributed by atoms with Crippen molar-refractivity contribution in [2.75, 3.05) is 5.32 Å². The number of nitrogens with one attached hydrogen (secondary N) is 1. The summed E-state index contributed by atoms with van der Waals surface area (Å²) in [5.41, 5.74) is 4.54. The molecule has 0 atom stereocenters. The number of nitrogens with two attached hydrogens (primary N) is 1. The minimum atomic E-state index is -1.07. The van der Waals surface area contributed by atoms with Crippen molar-refractivity contribution in [2.45, 2.75) is 25.8 Å². The molecule has 1 aromatic heterocycles. The average molecular weight is 243 g/mol. The smallest absolute Gasteiger partial charge is 0.355 e. The maximum Gasteiger partial charge on any atom is 0.355 e. The predicted octanol–water partition coefficient (Wildman–Crippen LogP) is 0.907. The van der Waals surface area contributed by atoms with Gasteiger partial charge in [-0.1, -0.05) is 0 Å². The van der Waals surface area contributed by atoms with E-state index < -0.39 is 17.4 Å². The number of hydrogen-bond acceptors (Lipinski definition) is 5. The lowest BCUT2D eigenvalue weighted by atomic mass is 10.0. The Morgan fingerprint density at radius 2 is 2.25 bits per heavy atom. The SMILES string of the molecule is CC(C)(CC(N)=O)Nc1nc(C(=O)O)cs1. The van der Waals surface area contributed by atoms with Crippen molar-refractivity contribution in [3.05, 3.63) is 11.1 Å². The molecule has 0 fully saturated rings. The number of nitrogens with zero attached hydrogens (tertiary/aromatic N) is 1. The van der Waals surface area contributed by atoms with Crippen LogP contribution in [0.15, 0.2) is 5.38 Å². The molecule has 0 bridgehead atoms. The van der Waals surface area contributed by atoms with E-state index in [-0.39, 0.29) is 12.1 Å². The molecule has 0 aliphatic carbocycles. The third kappa shape index (κ3) is 3.50. The van der Waals surface area contributed by atoms with Crippen LogP contribution in [0.2, 0.25) is 0 Å². The minimum Gasteiger partial charge on any atom is -0.476 e. The number of rotatable bonds is 5. The molecule has 1 rings (SSSR count). The molecule has 0 unspecified atom stereocenters. The normalized spacial score (nSPS) is 11.1. The summed E-state index contributed by atoms with van der Waals surface area (Å²) in [4.78, 5) is 25.2. The molecule has 1 amide bonds. The lowest BCUT2D eigenvalue weighted by Crippen LogP contribution is -2.35. The highest BCUT2D eigenvalue weighted by Gasteiger charge is 2.22. The quantitative estimate of drug-likeness (QED) is 0.712. The Morgan fingerprint density at radius 3 is 2.69 bits per heavy atom. The highest BCUT2D eigenvalue weighted by Crippen LogP contribution is 2.21. The second-order valence-electron chi connectivity index (χ2n) is 4.00. The lowest BCUT2D eigenvalue weighted by Gasteiger charge is -2.24. The zero-order valence-electron chi connectivity index (χ0n) is 8.98. The van der Waals surface area contributed by atoms with Gasteiger partial charge in [-0.15, -0.1) is 11.3 Å². The average Bonchev–Trinajstić information content (AvgIpc) is 2.48. The van der Waals surface area contributed by atoms with Crippen LogP contribution in [-0.4, -0.2) is 27.5 Å². The summed E-state index contributed by atoms with van der Waals surface area (Å²) in [5.74, 6) is -1.50. The fraction of sp³-hybridized carbons (Fsp3) is 0.444. The molecule has 1 aromatic rings. The van der Waals surface area contributed by atoms with E-state index in [4.69, 9.17) is 10.8 Å². The standard InChI is InChI=1S/C9H13N3O3S/c1-9(2,3-6(10)13)12-8-11-5(4-16-8)7(14)15/h4H,3H2,1-2H3,(H2,10,13)(H,11,12)(H,14,15). The number of hydrogen-bond donors (Lipinski definition) is 3. The Balaban J connectivity index is 2.72. The first-order valence-electron chi connectivity index (χ1n) is 4.55. The summed E-state index contributed by atoms with van der Waals surface area (Å²) < 4.78 is 0. The van der Waals surface area contributed by atoms with Crippen LogP contribution in [0.5, 0.6) is 0 Å². The topological polar surface area (TPSA) is 105 Å². The number of anilines is 1. The predicted molar refractivity (Wildman–Crippen MR) is 60.6 cm³/mol. The molecule has 7 heteroatoms. The van der Waals surface area contributed by atoms with Gasteiger partial charge in [0, 0.05) is 17.3 Å². The van der Waals surface area contributed by atoms with Crippen LogP contribution in [0.25, 0.3) is 0 Å². The Hall–Kier alpha value is -1.63. The fourth-order valence-electron chi connectivity index (χ4n) is 1.20. The number of amides is 1. The Labute approximate surface area is 96.5 Å². The number of aromatic carboxylic acids is 1. The van der Waals surface area contributed by atoms with Gasteiger partial charge in [0.25, 0.3) is 0 Å². The first-order valence-corrected chi connectivity index (χ1v) is 5.43. The van der Waals surface area contributed by atoms with Gasteiger partial charge in [0.05, 0.1) is 0 Å². The molecule has 0 aliphatic heterocycles. The van der Waals surface area contributed by atoms with Crippen LogP contribution in [0.3, 0.4) is 0 Å². The molecule has 0 spiro atoms. The fourth-order valence-corrected chi connectivity index (χ4v) is 2.06. The zero-order chi connectivity index (χ0) is 12.3. The molecule has 4 N–H and O–H groups in total. The van der Waals surface area contributed by atoms with Crippen LogP contribution in [0, 0.1) is 0 Å². The molecule has 1 heterocycles. The second-order valence-corrected chi connectivity index (χ2v) is 4.85. The van der Waals surface area contributed by atoms with E-state index in [1.54, 1.807) is 13.8 Å². The Bertz CT molecular complexity index is 414. The van der Waals surface area contributed by atoms with Gasteiger partial charge in [0.1, 0.15) is 0 Å². The molecule has 0 aliphatic rings. The summed E-state index contributed by atoms with van der Waals surface area (Å²) in [6.07, 6.45) is 0.148. The van der Waals surface area contributed by atoms with E-state index in [0.717, 1.165) is 0 Å². The van der Waals surface area contributed by atoms with Crippen molar-refractivity contribution in [1.82, 2.24) is 4.98 Å². The molecule has 88 valence electrons. The largest absolute Gasteiger partial charge is 0.476 e. The summed E-state index contributed by atoms with van der Waals surface area (Å²) >= 11 is 1.18. The third-order valence-electron chi connectivity index (χ3n) is 1.78. The number of thiazole rings is 1. The third-order valence-corrected chi connectivity index (χ3v) is 2.54. The van der Waals surface area contributed by atoms with Gasteiger partial charge >= 0.3 is 5.97 Å². The van der Waals surface area contributed by atoms with E-state index in [1.165, 1.54) is 16.7 Å². The Kier molecular flexibility index (Phi) is 3.48. The number of primary amides is 1. The van der Waals surface area contributed by atoms with Crippen molar-refractivity contribution >= 4 is 28.3 Å². The van der Waals surface area contributed by atoms with Gasteiger partial charge < -0.3 is 16.2 Å². The summed E-state index contributed by atoms with van der Waals surface area (Å²) in [6.45, 7) is 3.58. The molecule has 0 saturated carbocycles. The van der Waals surface area contributed by atoms with Crippen molar-refractivity contribution in [3.63, 3.8) is 0 Å². The van der Waals surface area contributed by atoms with E-state index >= 15 is 0 Å². The molecule has 0 radical (unpaired) electrons. The maximum atomic E-state index is 10.8. The van der Waals surface area contributed by atoms with Gasteiger partial charge in [-0.25, -0.2) is 9.78 Å². The maximum absolute atomic E-state index is 10.8. The molecule has 16 heavy (non-hydrogen) atoms. The number of carbonyl (C=O) groups excluding carboxylic acids is 1. The summed E-state index contributed by atoms with van der Waals surface area (Å²) in [7, 11) is 0. The first-order chi connectivity index (χ1) is 7.30. The van der Waals surface area contributed by atoms with Crippen LogP contribution in [0.4, 0.5) is 5.13 Å². The molecule has 6 nitrogen and oxygen atoms in total. The number of aromatic nitrogens is 1. The van der Waals surface area contributed by atoms with E-state index in [2.05, 4.69) is 10.3 Å². The zero-order valence-corrected chi connectivity index (χ0v) is 9.80. The highest BCUT2D eigenvalue weighted by molar-refractivity contribution is 7.13. The van der Waals surface area contributed by atoms with Gasteiger partial charge in [-0.2, -0.15) is 0 Å². The lowest BCUT2D eigenvalue weighted by molar-refractivity contribution is -0.118. The van der Waals surface area contributed by atoms with Crippen LogP contribution < -0.4 is 11.1 Å². The number of carbonyl (C=O) groups is 2. The Morgan fingerprint density at radius 1 is 1.62 bits per heavy atom. The monoisotopic (exact) mass is 243 g/mol. The van der Waals surface area contributed by atoms with E-state index in [0.29, 0.717) is 5.13 Å². The summed E-state index contributed by atoms with van der Waals surface area (Å²) in [6, 6.07) is 0. The van der Waals surface area contributed by atoms with Crippen molar-refractivity contribution in [2.24, 2.45) is 5.73 Å². The van der Waals surface area contributed by atoms with Gasteiger partial charge in [0.2, 0.25) is 5.91 Å². The van der Waals surface area contributed by atoms with Crippen LogP contribution in [0.1, 0.15) is 30.8 Å². The molecular weight excluding hydrogens is 230 g/mol. The number of carboxylic acids is 1. The molecule has 0 aromatic carbocycles. The van der Waals surface area contributed by atoms with Gasteiger partial charge in [-0.05, 0) is 13.8 Å². The van der Waals surface area contributed by atoms with Gasteiger partial charge in [-0.3, -0.25) is 4.79 Å². The van der Waals surface area contributed by atoms with Crippen molar-refractivity contribution in [1.29, 1.82) is 0 Å². The van der Waals surface area contributed by atoms with Gasteiger partial charge in [0.15, 0.2) is 10.8 Å². The minimum absolute atomic E-state index is 0.0117. The first kappa shape index (κ1) is 12.4. The van der Waals surface area contributed by atoms with E-state index in [1.807, 2.05) is 0 Å². The van der Waals surface area contributed by atoms with Crippen molar-refractivity contribution in [3.8, 4) is 0 Å². The molecule has 0 saturated heterocycles. The summed E-state index contributed by atoms with van der Waals surface area (Å²) in [5, 5.41) is 13.5. The number of carboxylic acid groups (broad SMARTS) is 1. The highest BCUT2D eigenvalue weighted by atomic mass is 32.1. The second kappa shape index (κ2) is 4.48. The van der Waals surface area contributed by atoms with Crippen LogP contribution in [-0.2, 0) is 4.79 Å². The molecular formula is C9H13N3O3S. The van der Waals surface area contributed by atoms with E-state index in [9.17, 15) is 9.59 Å². The van der Waals surface area contributed by atoms with Crippen LogP contribution >= 0.6 is 11.3 Å².